The van der Waals surface area contributed by atoms with Gasteiger partial charge in [0.1, 0.15) is 56.8 Å². The molecular weight excluding hydrogens is 749 g/mol. The lowest BCUT2D eigenvalue weighted by molar-refractivity contribution is 0.259. The van der Waals surface area contributed by atoms with E-state index in [0.717, 1.165) is 15.7 Å². The van der Waals surface area contributed by atoms with Crippen LogP contribution in [0.3, 0.4) is 0 Å². The van der Waals surface area contributed by atoms with Crippen LogP contribution in [0.15, 0.2) is 109 Å². The Morgan fingerprint density at radius 3 is 1.03 bits per heavy atom. The van der Waals surface area contributed by atoms with Crippen molar-refractivity contribution in [2.45, 2.75) is 6.10 Å². The van der Waals surface area contributed by atoms with Crippen molar-refractivity contribution in [1.82, 2.24) is 60.0 Å². The number of benzene rings is 6. The number of rotatable bonds is 7. The zero-order valence-electron chi connectivity index (χ0n) is 29.8. The van der Waals surface area contributed by atoms with Crippen LogP contribution in [-0.4, -0.2) is 105 Å². The molecule has 286 valence electrons. The van der Waals surface area contributed by atoms with Gasteiger partial charge in [0.15, 0.2) is 57.2 Å². The number of aromatic nitrogens is 12. The molecule has 0 aliphatic carbocycles. The highest BCUT2D eigenvalue weighted by Crippen LogP contribution is 2.44. The van der Waals surface area contributed by atoms with Crippen molar-refractivity contribution in [3.8, 4) is 57.2 Å². The predicted octanol–water partition coefficient (Wildman–Crippen LogP) is 4.61. The average molecular weight is 777 g/mol. The Morgan fingerprint density at radius 2 is 0.724 bits per heavy atom. The standard InChI is InChI=1S/C21H16N6O4.C18H12N6O3/c28-17-9-18(31-11-12-10-30-12)20(27-24-15-7-3-4-8-16(15)25-27)21(29)19(17)26-22-13-5-1-2-6-14(13)23-26;25-14-9-15(26)17(24-21-12-7-3-4-8-13(12)22-24)18(27)16(14)23-19-10-5-1-2-6-11(10)20-23/h1-9,12,28-29H,10-11H2;1-9,25-27H. The third-order valence-corrected chi connectivity index (χ3v) is 9.17. The van der Waals surface area contributed by atoms with Gasteiger partial charge in [-0.3, -0.25) is 0 Å². The van der Waals surface area contributed by atoms with E-state index in [9.17, 15) is 25.5 Å². The van der Waals surface area contributed by atoms with Gasteiger partial charge in [-0.15, -0.1) is 60.0 Å². The molecule has 19 heteroatoms. The minimum absolute atomic E-state index is 0.00239. The maximum absolute atomic E-state index is 11.2. The van der Waals surface area contributed by atoms with E-state index in [1.807, 2.05) is 60.7 Å². The fourth-order valence-corrected chi connectivity index (χ4v) is 6.31. The SMILES string of the molecule is Oc1cc(O)c(-n2nc3ccccc3n2)c(O)c1-n1nc2ccccc2n1.Oc1cc(OCC2CO2)c(-n2nc3ccccc3n2)c(O)c1-n1nc2ccccc2n1. The zero-order valence-corrected chi connectivity index (χ0v) is 29.8. The third-order valence-electron chi connectivity index (χ3n) is 9.17. The predicted molar refractivity (Wildman–Crippen MR) is 206 cm³/mol. The van der Waals surface area contributed by atoms with E-state index in [0.29, 0.717) is 50.7 Å². The Bertz CT molecular complexity index is 2960. The van der Waals surface area contributed by atoms with Crippen LogP contribution in [0.4, 0.5) is 0 Å². The van der Waals surface area contributed by atoms with Crippen LogP contribution in [0, 0.1) is 0 Å². The summed E-state index contributed by atoms with van der Waals surface area (Å²) in [6, 6.07) is 31.4. The summed E-state index contributed by atoms with van der Waals surface area (Å²) in [4.78, 5) is 4.70. The second-order valence-corrected chi connectivity index (χ2v) is 13.1. The maximum Gasteiger partial charge on any atom is 0.178 e. The first-order chi connectivity index (χ1) is 28.3. The zero-order chi connectivity index (χ0) is 39.5. The topological polar surface area (TPSA) is 246 Å². The van der Waals surface area contributed by atoms with Gasteiger partial charge in [-0.05, 0) is 48.5 Å². The summed E-state index contributed by atoms with van der Waals surface area (Å²) in [6.07, 6.45) is -0.0143. The van der Waals surface area contributed by atoms with Crippen molar-refractivity contribution >= 4 is 44.1 Å². The van der Waals surface area contributed by atoms with Gasteiger partial charge in [0.25, 0.3) is 0 Å². The molecule has 1 atom stereocenters. The van der Waals surface area contributed by atoms with Crippen LogP contribution in [0.1, 0.15) is 0 Å². The van der Waals surface area contributed by atoms with Gasteiger partial charge in [-0.25, -0.2) is 0 Å². The number of ether oxygens (including phenoxy) is 2. The lowest BCUT2D eigenvalue weighted by Gasteiger charge is -2.15. The first-order valence-corrected chi connectivity index (χ1v) is 17.7. The molecular formula is C39H28N12O7. The number of epoxide rings is 1. The molecule has 1 unspecified atom stereocenters. The van der Waals surface area contributed by atoms with E-state index in [1.165, 1.54) is 15.7 Å². The van der Waals surface area contributed by atoms with Crippen LogP contribution < -0.4 is 4.74 Å². The molecule has 11 rings (SSSR count). The smallest absolute Gasteiger partial charge is 0.178 e. The Kier molecular flexibility index (Phi) is 7.93. The fraction of sp³-hybridized carbons (Fsp3) is 0.0769. The molecule has 1 aliphatic rings. The molecule has 58 heavy (non-hydrogen) atoms. The molecule has 5 heterocycles. The van der Waals surface area contributed by atoms with Crippen LogP contribution in [0.5, 0.6) is 34.5 Å². The van der Waals surface area contributed by atoms with Crippen molar-refractivity contribution in [1.29, 1.82) is 0 Å². The Labute approximate surface area is 324 Å². The molecule has 0 saturated carbocycles. The second kappa shape index (κ2) is 13.5. The largest absolute Gasteiger partial charge is 0.505 e. The van der Waals surface area contributed by atoms with Crippen molar-refractivity contribution in [2.75, 3.05) is 13.2 Å². The highest BCUT2D eigenvalue weighted by atomic mass is 16.6. The van der Waals surface area contributed by atoms with Crippen molar-refractivity contribution < 1.29 is 35.0 Å². The van der Waals surface area contributed by atoms with Crippen LogP contribution in [0.2, 0.25) is 0 Å². The summed E-state index contributed by atoms with van der Waals surface area (Å²) in [7, 11) is 0. The minimum Gasteiger partial charge on any atom is -0.505 e. The fourth-order valence-electron chi connectivity index (χ4n) is 6.31. The summed E-state index contributed by atoms with van der Waals surface area (Å²) >= 11 is 0. The molecule has 19 nitrogen and oxygen atoms in total. The molecule has 0 spiro atoms. The van der Waals surface area contributed by atoms with E-state index in [1.54, 1.807) is 36.4 Å². The van der Waals surface area contributed by atoms with E-state index < -0.39 is 5.75 Å². The summed E-state index contributed by atoms with van der Waals surface area (Å²) < 4.78 is 11.0. The number of hydrogen-bond donors (Lipinski definition) is 5. The normalized spacial score (nSPS) is 13.6. The average Bonchev–Trinajstić information content (AvgIpc) is 3.54. The molecule has 1 saturated heterocycles. The molecule has 1 aliphatic heterocycles. The highest BCUT2D eigenvalue weighted by molar-refractivity contribution is 5.79. The quantitative estimate of drug-likeness (QED) is 0.139. The summed E-state index contributed by atoms with van der Waals surface area (Å²) in [5.74, 6) is -1.56. The van der Waals surface area contributed by atoms with E-state index in [-0.39, 0.29) is 64.2 Å². The summed E-state index contributed by atoms with van der Waals surface area (Å²) in [5.41, 5.74) is 4.92. The third kappa shape index (κ3) is 5.99. The first-order valence-electron chi connectivity index (χ1n) is 17.7. The number of aromatic hydroxyl groups is 5. The van der Waals surface area contributed by atoms with Crippen LogP contribution in [0.25, 0.3) is 66.9 Å². The molecule has 6 aromatic carbocycles. The number of phenolic OH excluding ortho intramolecular Hbond substituents is 5. The first kappa shape index (κ1) is 34.2. The number of nitrogens with zero attached hydrogens (tertiary/aromatic N) is 12. The Morgan fingerprint density at radius 1 is 0.448 bits per heavy atom. The van der Waals surface area contributed by atoms with Crippen LogP contribution in [-0.2, 0) is 4.74 Å². The Balaban J connectivity index is 0.000000142. The van der Waals surface area contributed by atoms with Gasteiger partial charge in [0, 0.05) is 12.1 Å². The van der Waals surface area contributed by atoms with Crippen molar-refractivity contribution in [3.05, 3.63) is 109 Å². The summed E-state index contributed by atoms with van der Waals surface area (Å²) in [6.45, 7) is 0.884. The summed E-state index contributed by atoms with van der Waals surface area (Å²) in [5, 5.41) is 88.0. The monoisotopic (exact) mass is 776 g/mol. The molecule has 0 amide bonds. The second-order valence-electron chi connectivity index (χ2n) is 13.1. The van der Waals surface area contributed by atoms with E-state index >= 15 is 0 Å². The van der Waals surface area contributed by atoms with Crippen molar-refractivity contribution in [3.63, 3.8) is 0 Å². The molecule has 5 N–H and O–H groups in total. The molecule has 0 radical (unpaired) electrons. The molecule has 0 bridgehead atoms. The van der Waals surface area contributed by atoms with Gasteiger partial charge in [-0.1, -0.05) is 48.5 Å². The van der Waals surface area contributed by atoms with Crippen molar-refractivity contribution in [2.24, 2.45) is 0 Å². The van der Waals surface area contributed by atoms with Gasteiger partial charge in [0.2, 0.25) is 0 Å². The Hall–Kier alpha value is -8.32. The van der Waals surface area contributed by atoms with Gasteiger partial charge in [-0.2, -0.15) is 0 Å². The van der Waals surface area contributed by atoms with Gasteiger partial charge in [0.05, 0.1) is 6.61 Å². The lowest BCUT2D eigenvalue weighted by Crippen LogP contribution is -2.10. The van der Waals surface area contributed by atoms with Gasteiger partial charge >= 0.3 is 0 Å². The minimum atomic E-state index is -0.451. The number of hydrogen-bond acceptors (Lipinski definition) is 15. The molecule has 10 aromatic rings. The molecule has 1 fully saturated rings. The van der Waals surface area contributed by atoms with Crippen LogP contribution >= 0.6 is 0 Å². The van der Waals surface area contributed by atoms with E-state index in [2.05, 4.69) is 40.8 Å². The molecule has 4 aromatic heterocycles. The lowest BCUT2D eigenvalue weighted by atomic mass is 10.2. The number of fused-ring (bicyclic) bond motifs is 4. The number of phenols is 5. The van der Waals surface area contributed by atoms with E-state index in [4.69, 9.17) is 9.47 Å². The maximum atomic E-state index is 11.2. The van der Waals surface area contributed by atoms with Gasteiger partial charge < -0.3 is 35.0 Å². The highest BCUT2D eigenvalue weighted by Gasteiger charge is 2.29.